The Morgan fingerprint density at radius 1 is 0.536 bits per heavy atom. The van der Waals surface area contributed by atoms with E-state index in [1.54, 1.807) is 16.7 Å². The van der Waals surface area contributed by atoms with Crippen LogP contribution in [-0.4, -0.2) is 0 Å². The molecule has 0 aliphatic heterocycles. The van der Waals surface area contributed by atoms with Crippen LogP contribution >= 0.6 is 0 Å². The lowest BCUT2D eigenvalue weighted by atomic mass is 9.73. The van der Waals surface area contributed by atoms with Gasteiger partial charge in [-0.15, -0.1) is 23.3 Å². The number of rotatable bonds is 3. The van der Waals surface area contributed by atoms with Gasteiger partial charge in [0, 0.05) is 0 Å². The van der Waals surface area contributed by atoms with E-state index in [2.05, 4.69) is 12.1 Å². The zero-order chi connectivity index (χ0) is 18.4. The van der Waals surface area contributed by atoms with Gasteiger partial charge < -0.3 is 0 Å². The van der Waals surface area contributed by atoms with Crippen LogP contribution < -0.4 is 0 Å². The summed E-state index contributed by atoms with van der Waals surface area (Å²) in [6, 6.07) is 5.44. The molecule has 9 unspecified atom stereocenters. The molecule has 0 amide bonds. The van der Waals surface area contributed by atoms with Crippen molar-refractivity contribution in [3.05, 3.63) is 41.3 Å². The average Bonchev–Trinajstić information content (AvgIpc) is 3.55. The van der Waals surface area contributed by atoms with Gasteiger partial charge in [-0.05, 0) is 73.5 Å². The molecule has 28 heavy (non-hydrogen) atoms. The summed E-state index contributed by atoms with van der Waals surface area (Å²) >= 11 is 0. The van der Waals surface area contributed by atoms with E-state index in [4.69, 9.17) is 6.92 Å². The second kappa shape index (κ2) is 6.05. The molecule has 6 aliphatic rings. The minimum atomic E-state index is 0.849. The fraction of sp³-hybridized carbons (Fsp3) is 0.750. The predicted molar refractivity (Wildman–Crippen MR) is 115 cm³/mol. The van der Waals surface area contributed by atoms with Crippen LogP contribution in [0.3, 0.4) is 0 Å². The summed E-state index contributed by atoms with van der Waals surface area (Å²) in [5.74, 6) is 8.66. The molecule has 0 radical (unpaired) electrons. The van der Waals surface area contributed by atoms with Crippen molar-refractivity contribution in [1.29, 1.82) is 0 Å². The van der Waals surface area contributed by atoms with E-state index in [0.717, 1.165) is 53.3 Å². The molecule has 0 N–H and O–H groups in total. The van der Waals surface area contributed by atoms with Gasteiger partial charge in [-0.1, -0.05) is 62.3 Å². The highest BCUT2D eigenvalue weighted by Crippen LogP contribution is 2.59. The van der Waals surface area contributed by atoms with E-state index in [1.165, 1.54) is 82.6 Å². The largest absolute Gasteiger partial charge is 0.198 e. The van der Waals surface area contributed by atoms with Crippen molar-refractivity contribution < 1.29 is 0 Å². The van der Waals surface area contributed by atoms with Gasteiger partial charge >= 0.3 is 0 Å². The molecule has 0 spiro atoms. The maximum Gasteiger partial charge on any atom is -0.0151 e. The highest BCUT2D eigenvalue weighted by molar-refractivity contribution is 5.48. The molecule has 1 aromatic rings. The van der Waals surface area contributed by atoms with Crippen LogP contribution in [0.1, 0.15) is 117 Å². The van der Waals surface area contributed by atoms with Crippen molar-refractivity contribution in [2.45, 2.75) is 94.8 Å². The molecule has 6 fully saturated rings. The van der Waals surface area contributed by atoms with Gasteiger partial charge in [0.05, 0.1) is 0 Å². The van der Waals surface area contributed by atoms with E-state index in [-0.39, 0.29) is 0 Å². The highest BCUT2D eigenvalue weighted by atomic mass is 14.5. The molecule has 0 nitrogen and oxygen atoms in total. The summed E-state index contributed by atoms with van der Waals surface area (Å²) in [4.78, 5) is 0. The normalized spacial score (nSPS) is 48.2. The van der Waals surface area contributed by atoms with Gasteiger partial charge in [0.15, 0.2) is 0 Å². The quantitative estimate of drug-likeness (QED) is 0.479. The van der Waals surface area contributed by atoms with Gasteiger partial charge in [-0.25, -0.2) is 0 Å². The smallest absolute Gasteiger partial charge is 0.0151 e. The first kappa shape index (κ1) is 16.8. The first-order valence-electron chi connectivity index (χ1n) is 12.7. The number of hydrogen-bond donors (Lipinski definition) is 0. The molecule has 9 atom stereocenters. The Bertz CT molecular complexity index is 740. The average molecular weight is 374 g/mol. The Morgan fingerprint density at radius 2 is 0.964 bits per heavy atom. The van der Waals surface area contributed by atoms with Crippen LogP contribution in [0.25, 0.3) is 0 Å². The lowest BCUT2D eigenvalue weighted by molar-refractivity contribution is 0.402. The van der Waals surface area contributed by atoms with Crippen molar-refractivity contribution in [3.63, 3.8) is 0 Å². The monoisotopic (exact) mass is 373 g/mol. The molecular formula is C28H37-. The zero-order valence-corrected chi connectivity index (χ0v) is 17.5. The summed E-state index contributed by atoms with van der Waals surface area (Å²) in [5.41, 5.74) is 6.72. The molecule has 0 heterocycles. The van der Waals surface area contributed by atoms with E-state index >= 15 is 0 Å². The molecule has 0 saturated heterocycles. The van der Waals surface area contributed by atoms with Crippen LogP contribution in [0.15, 0.2) is 12.1 Å². The van der Waals surface area contributed by atoms with E-state index < -0.39 is 0 Å². The van der Waals surface area contributed by atoms with Crippen molar-refractivity contribution in [3.8, 4) is 0 Å². The number of fused-ring (bicyclic) bond motifs is 6. The molecule has 150 valence electrons. The van der Waals surface area contributed by atoms with Gasteiger partial charge in [-0.3, -0.25) is 0 Å². The first-order chi connectivity index (χ1) is 13.7. The van der Waals surface area contributed by atoms with Crippen molar-refractivity contribution >= 4 is 0 Å². The Labute approximate surface area is 171 Å². The lowest BCUT2D eigenvalue weighted by Gasteiger charge is -2.37. The van der Waals surface area contributed by atoms with Crippen LogP contribution in [-0.2, 0) is 0 Å². The molecular weight excluding hydrogens is 336 g/mol. The molecule has 6 aliphatic carbocycles. The predicted octanol–water partition coefficient (Wildman–Crippen LogP) is 7.58. The van der Waals surface area contributed by atoms with E-state index in [1.807, 2.05) is 0 Å². The van der Waals surface area contributed by atoms with E-state index in [9.17, 15) is 0 Å². The van der Waals surface area contributed by atoms with Crippen molar-refractivity contribution in [2.75, 3.05) is 0 Å². The topological polar surface area (TPSA) is 0 Å². The third-order valence-electron chi connectivity index (χ3n) is 10.8. The van der Waals surface area contributed by atoms with Crippen LogP contribution in [0, 0.1) is 42.4 Å². The van der Waals surface area contributed by atoms with Gasteiger partial charge in [0.25, 0.3) is 0 Å². The fourth-order valence-corrected chi connectivity index (χ4v) is 9.52. The first-order valence-corrected chi connectivity index (χ1v) is 12.7. The molecule has 0 aromatic heterocycles. The molecule has 6 saturated carbocycles. The van der Waals surface area contributed by atoms with Crippen molar-refractivity contribution in [2.24, 2.45) is 35.5 Å². The third kappa shape index (κ3) is 2.39. The van der Waals surface area contributed by atoms with Crippen LogP contribution in [0.2, 0.25) is 0 Å². The van der Waals surface area contributed by atoms with Crippen LogP contribution in [0.5, 0.6) is 0 Å². The second-order valence-electron chi connectivity index (χ2n) is 12.0. The SMILES string of the molecule is [CH2-]c1c(C2CC3CCC2C3)cc(C2CC3CCC2C3)cc1C1CC2CCC1C2. The zero-order valence-electron chi connectivity index (χ0n) is 17.5. The summed E-state index contributed by atoms with van der Waals surface area (Å²) in [6.07, 6.45) is 18.1. The molecule has 1 aromatic carbocycles. The second-order valence-corrected chi connectivity index (χ2v) is 12.0. The number of benzene rings is 1. The Hall–Kier alpha value is -0.910. The Kier molecular flexibility index (Phi) is 3.64. The maximum atomic E-state index is 4.79. The molecule has 7 rings (SSSR count). The lowest BCUT2D eigenvalue weighted by Crippen LogP contribution is -2.17. The highest BCUT2D eigenvalue weighted by Gasteiger charge is 2.43. The maximum absolute atomic E-state index is 4.79. The summed E-state index contributed by atoms with van der Waals surface area (Å²) < 4.78 is 0. The minimum absolute atomic E-state index is 0.849. The summed E-state index contributed by atoms with van der Waals surface area (Å²) in [7, 11) is 0. The standard InChI is InChI=1S/C28H37/c1-16-24(27-12-18-3-6-21(27)9-18)14-23(26-11-17-2-5-20(26)8-17)15-25(16)28-13-19-4-7-22(28)10-19/h14-15,17-22,26-28H,1-13H2/q-1. The van der Waals surface area contributed by atoms with Crippen molar-refractivity contribution in [1.82, 2.24) is 0 Å². The van der Waals surface area contributed by atoms with E-state index in [0.29, 0.717) is 0 Å². The summed E-state index contributed by atoms with van der Waals surface area (Å²) in [5, 5.41) is 0. The number of hydrogen-bond acceptors (Lipinski definition) is 0. The third-order valence-corrected chi connectivity index (χ3v) is 10.8. The van der Waals surface area contributed by atoms with Gasteiger partial charge in [-0.2, -0.15) is 12.5 Å². The van der Waals surface area contributed by atoms with Gasteiger partial charge in [0.2, 0.25) is 0 Å². The Morgan fingerprint density at radius 3 is 1.32 bits per heavy atom. The fourth-order valence-electron chi connectivity index (χ4n) is 9.52. The van der Waals surface area contributed by atoms with Gasteiger partial charge in [0.1, 0.15) is 0 Å². The molecule has 6 bridgehead atoms. The molecule has 0 heteroatoms. The Balaban J connectivity index is 1.32. The summed E-state index contributed by atoms with van der Waals surface area (Å²) in [6.45, 7) is 4.79. The minimum Gasteiger partial charge on any atom is -0.198 e. The van der Waals surface area contributed by atoms with Crippen LogP contribution in [0.4, 0.5) is 0 Å².